The van der Waals surface area contributed by atoms with Crippen LogP contribution in [-0.4, -0.2) is 39.1 Å². The fourth-order valence-electron chi connectivity index (χ4n) is 3.57. The van der Waals surface area contributed by atoms with Crippen LogP contribution in [0.2, 0.25) is 0 Å². The van der Waals surface area contributed by atoms with Crippen molar-refractivity contribution in [3.8, 4) is 0 Å². The Kier molecular flexibility index (Phi) is 4.91. The van der Waals surface area contributed by atoms with Crippen LogP contribution in [0, 0.1) is 5.92 Å². The number of anilines is 3. The number of pyridine rings is 2. The lowest BCUT2D eigenvalue weighted by atomic mass is 10.2. The van der Waals surface area contributed by atoms with Crippen molar-refractivity contribution in [1.82, 2.24) is 19.4 Å². The summed E-state index contributed by atoms with van der Waals surface area (Å²) in [6, 6.07) is 0.552. The van der Waals surface area contributed by atoms with Crippen molar-refractivity contribution in [2.45, 2.75) is 32.0 Å². The molecule has 3 aromatic rings. The number of nitrogens with zero attached hydrogens (tertiary/aromatic N) is 3. The zero-order valence-corrected chi connectivity index (χ0v) is 18.2. The number of alkyl halides is 3. The lowest BCUT2D eigenvalue weighted by Crippen LogP contribution is -2.32. The Labute approximate surface area is 196 Å². The van der Waals surface area contributed by atoms with Gasteiger partial charge >= 0.3 is 6.18 Å². The van der Waals surface area contributed by atoms with Gasteiger partial charge in [0.1, 0.15) is 11.9 Å². The molecule has 12 heteroatoms. The van der Waals surface area contributed by atoms with E-state index in [9.17, 15) is 27.6 Å². The van der Waals surface area contributed by atoms with Gasteiger partial charge in [0.25, 0.3) is 11.5 Å². The highest BCUT2D eigenvalue weighted by Gasteiger charge is 2.38. The average Bonchev–Trinajstić information content (AvgIpc) is 3.57. The van der Waals surface area contributed by atoms with Crippen LogP contribution in [0.3, 0.4) is 0 Å². The standard InChI is InChI=1S/C22H23F3N6O3/c1-11(22(23,24)25)31-7-6-16-18(21(31)34)15(10-30(16)3)28-14-8-17(29-19(32)12-4-5-12)27-9-13(14)20(33)26-2/h6-12H,4-5H2,1-3H3,(H,26,33)(H2,27,28,29,32)/i2D3. The first-order valence-electron chi connectivity index (χ1n) is 11.8. The Bertz CT molecular complexity index is 1440. The summed E-state index contributed by atoms with van der Waals surface area (Å²) in [5.41, 5.74) is -0.774. The van der Waals surface area contributed by atoms with Gasteiger partial charge in [-0.05, 0) is 25.8 Å². The Balaban J connectivity index is 1.80. The molecule has 3 aromatic heterocycles. The van der Waals surface area contributed by atoms with Gasteiger partial charge in [-0.3, -0.25) is 14.4 Å². The molecular formula is C22H23F3N6O3. The summed E-state index contributed by atoms with van der Waals surface area (Å²) in [5, 5.41) is 7.23. The minimum atomic E-state index is -4.67. The SMILES string of the molecule is [2H]C([2H])([2H])NC(=O)c1cnc(NC(=O)C2CC2)cc1Nc1cn(C)c2ccn(C(C)C(F)(F)F)c(=O)c12. The van der Waals surface area contributed by atoms with Gasteiger partial charge in [-0.25, -0.2) is 4.98 Å². The van der Waals surface area contributed by atoms with Gasteiger partial charge in [-0.1, -0.05) is 0 Å². The van der Waals surface area contributed by atoms with Gasteiger partial charge in [-0.15, -0.1) is 0 Å². The van der Waals surface area contributed by atoms with Crippen molar-refractivity contribution in [3.05, 3.63) is 46.6 Å². The molecule has 1 atom stereocenters. The molecule has 3 N–H and O–H groups in total. The number of carbonyl (C=O) groups excluding carboxylic acids is 2. The van der Waals surface area contributed by atoms with E-state index in [2.05, 4.69) is 15.6 Å². The number of aryl methyl sites for hydroxylation is 1. The minimum absolute atomic E-state index is 0.0194. The van der Waals surface area contributed by atoms with Crippen LogP contribution < -0.4 is 21.5 Å². The van der Waals surface area contributed by atoms with Gasteiger partial charge in [0.2, 0.25) is 5.91 Å². The number of aromatic nitrogens is 3. The lowest BCUT2D eigenvalue weighted by molar-refractivity contribution is -0.163. The molecule has 1 aliphatic rings. The van der Waals surface area contributed by atoms with Crippen LogP contribution in [0.15, 0.2) is 35.5 Å². The highest BCUT2D eigenvalue weighted by Crippen LogP contribution is 2.33. The predicted molar refractivity (Wildman–Crippen MR) is 120 cm³/mol. The van der Waals surface area contributed by atoms with Crippen molar-refractivity contribution in [1.29, 1.82) is 0 Å². The number of rotatable bonds is 6. The van der Waals surface area contributed by atoms with Gasteiger partial charge in [0.15, 0.2) is 0 Å². The van der Waals surface area contributed by atoms with Gasteiger partial charge < -0.3 is 25.1 Å². The molecule has 0 saturated heterocycles. The average molecular weight is 479 g/mol. The number of hydrogen-bond acceptors (Lipinski definition) is 5. The van der Waals surface area contributed by atoms with Crippen LogP contribution in [-0.2, 0) is 11.8 Å². The fraction of sp³-hybridized carbons (Fsp3) is 0.364. The number of hydrogen-bond donors (Lipinski definition) is 3. The predicted octanol–water partition coefficient (Wildman–Crippen LogP) is 3.31. The highest BCUT2D eigenvalue weighted by atomic mass is 19.4. The maximum atomic E-state index is 13.3. The molecule has 1 saturated carbocycles. The number of carbonyl (C=O) groups is 2. The van der Waals surface area contributed by atoms with Crippen molar-refractivity contribution >= 4 is 39.9 Å². The van der Waals surface area contributed by atoms with Crippen LogP contribution >= 0.6 is 0 Å². The molecule has 180 valence electrons. The zero-order valence-electron chi connectivity index (χ0n) is 21.2. The largest absolute Gasteiger partial charge is 0.408 e. The van der Waals surface area contributed by atoms with Crippen molar-refractivity contribution in [2.24, 2.45) is 13.0 Å². The first-order valence-corrected chi connectivity index (χ1v) is 10.3. The zero-order chi connectivity index (χ0) is 27.3. The summed E-state index contributed by atoms with van der Waals surface area (Å²) in [6.45, 7) is -1.95. The summed E-state index contributed by atoms with van der Waals surface area (Å²) in [6.07, 6.45) is 0.354. The van der Waals surface area contributed by atoms with Crippen molar-refractivity contribution < 1.29 is 26.9 Å². The molecule has 1 unspecified atom stereocenters. The molecule has 0 aliphatic heterocycles. The smallest absolute Gasteiger partial charge is 0.355 e. The molecule has 3 heterocycles. The number of amides is 2. The van der Waals surface area contributed by atoms with Gasteiger partial charge in [0.05, 0.1) is 27.8 Å². The van der Waals surface area contributed by atoms with E-state index in [0.29, 0.717) is 10.1 Å². The Morgan fingerprint density at radius 2 is 2.03 bits per heavy atom. The monoisotopic (exact) mass is 479 g/mol. The van der Waals surface area contributed by atoms with Crippen LogP contribution in [0.1, 0.15) is 40.3 Å². The Morgan fingerprint density at radius 1 is 1.29 bits per heavy atom. The molecular weight excluding hydrogens is 453 g/mol. The molecule has 2 amide bonds. The van der Waals surface area contributed by atoms with E-state index in [1.165, 1.54) is 22.9 Å². The normalized spacial score (nSPS) is 16.3. The van der Waals surface area contributed by atoms with Crippen LogP contribution in [0.4, 0.5) is 30.4 Å². The maximum absolute atomic E-state index is 13.3. The summed E-state index contributed by atoms with van der Waals surface area (Å²) in [7, 11) is 1.58. The third-order valence-electron chi connectivity index (χ3n) is 5.69. The minimum Gasteiger partial charge on any atom is -0.355 e. The first-order chi connectivity index (χ1) is 17.2. The highest BCUT2D eigenvalue weighted by molar-refractivity contribution is 6.03. The summed E-state index contributed by atoms with van der Waals surface area (Å²) >= 11 is 0. The molecule has 1 aliphatic carbocycles. The number of halogens is 3. The number of nitrogens with one attached hydrogen (secondary N) is 3. The molecule has 0 spiro atoms. The second-order valence-corrected chi connectivity index (χ2v) is 8.12. The topological polar surface area (TPSA) is 110 Å². The van der Waals surface area contributed by atoms with E-state index in [1.807, 2.05) is 5.32 Å². The van der Waals surface area contributed by atoms with E-state index in [0.717, 1.165) is 32.2 Å². The van der Waals surface area contributed by atoms with Crippen molar-refractivity contribution in [3.63, 3.8) is 0 Å². The van der Waals surface area contributed by atoms with Crippen LogP contribution in [0.25, 0.3) is 10.9 Å². The third-order valence-corrected chi connectivity index (χ3v) is 5.69. The van der Waals surface area contributed by atoms with E-state index in [1.54, 1.807) is 7.05 Å². The lowest BCUT2D eigenvalue weighted by Gasteiger charge is -2.18. The molecule has 0 aromatic carbocycles. The maximum Gasteiger partial charge on any atom is 0.408 e. The summed E-state index contributed by atoms with van der Waals surface area (Å²) in [5.74, 6) is -1.37. The molecule has 0 radical (unpaired) electrons. The molecule has 9 nitrogen and oxygen atoms in total. The number of fused-ring (bicyclic) bond motifs is 1. The molecule has 0 bridgehead atoms. The third kappa shape index (κ3) is 4.35. The first kappa shape index (κ1) is 19.6. The van der Waals surface area contributed by atoms with Gasteiger partial charge in [-0.2, -0.15) is 13.2 Å². The molecule has 34 heavy (non-hydrogen) atoms. The van der Waals surface area contributed by atoms with E-state index < -0.39 is 30.7 Å². The Hall–Kier alpha value is -3.83. The second-order valence-electron chi connectivity index (χ2n) is 8.12. The van der Waals surface area contributed by atoms with Gasteiger partial charge in [0, 0.05) is 48.7 Å². The fourth-order valence-corrected chi connectivity index (χ4v) is 3.57. The second kappa shape index (κ2) is 8.50. The van der Waals surface area contributed by atoms with Crippen LogP contribution in [0.5, 0.6) is 0 Å². The quantitative estimate of drug-likeness (QED) is 0.503. The van der Waals surface area contributed by atoms with Crippen molar-refractivity contribution in [2.75, 3.05) is 17.6 Å². The molecule has 1 fully saturated rings. The van der Waals surface area contributed by atoms with E-state index in [4.69, 9.17) is 4.11 Å². The summed E-state index contributed by atoms with van der Waals surface area (Å²) < 4.78 is 64.0. The molecule has 4 rings (SSSR count). The van der Waals surface area contributed by atoms with E-state index in [-0.39, 0.29) is 40.0 Å². The Morgan fingerprint density at radius 3 is 2.68 bits per heavy atom. The summed E-state index contributed by atoms with van der Waals surface area (Å²) in [4.78, 5) is 42.0. The van der Waals surface area contributed by atoms with E-state index >= 15 is 0 Å².